The van der Waals surface area contributed by atoms with Gasteiger partial charge in [-0.2, -0.15) is 4.99 Å². The standard InChI is InChI=1S/C12H12N4OS/c13-11(15-10(17)7-5-6-7)16-12-14-8-3-1-2-4-9(8)18-12/h1-4,7H,5-6H2,(H3,13,14,15,16,17). The number of hydrogen-bond acceptors (Lipinski definition) is 4. The Morgan fingerprint density at radius 2 is 2.22 bits per heavy atom. The Bertz CT molecular complexity index is 597. The molecule has 6 heteroatoms. The van der Waals surface area contributed by atoms with Crippen LogP contribution in [0.1, 0.15) is 12.8 Å². The van der Waals surface area contributed by atoms with Crippen molar-refractivity contribution in [3.05, 3.63) is 24.3 Å². The molecular formula is C12H12N4OS. The summed E-state index contributed by atoms with van der Waals surface area (Å²) in [5, 5.41) is 3.15. The fraction of sp³-hybridized carbons (Fsp3) is 0.250. The van der Waals surface area contributed by atoms with Crippen molar-refractivity contribution in [2.45, 2.75) is 12.8 Å². The second-order valence-electron chi connectivity index (χ2n) is 4.22. The van der Waals surface area contributed by atoms with Crippen molar-refractivity contribution >= 4 is 38.6 Å². The number of guanidine groups is 1. The van der Waals surface area contributed by atoms with Gasteiger partial charge in [-0.05, 0) is 25.0 Å². The first kappa shape index (κ1) is 11.2. The largest absolute Gasteiger partial charge is 0.369 e. The van der Waals surface area contributed by atoms with Gasteiger partial charge in [0.1, 0.15) is 0 Å². The molecule has 92 valence electrons. The van der Waals surface area contributed by atoms with Gasteiger partial charge in [-0.1, -0.05) is 23.5 Å². The average Bonchev–Trinajstić information content (AvgIpc) is 3.10. The molecule has 5 nitrogen and oxygen atoms in total. The molecule has 1 aromatic carbocycles. The molecule has 1 amide bonds. The van der Waals surface area contributed by atoms with Crippen molar-refractivity contribution in [2.75, 3.05) is 0 Å². The molecule has 1 saturated carbocycles. The number of benzene rings is 1. The molecular weight excluding hydrogens is 248 g/mol. The van der Waals surface area contributed by atoms with E-state index in [4.69, 9.17) is 5.73 Å². The number of thiazole rings is 1. The molecule has 3 rings (SSSR count). The lowest BCUT2D eigenvalue weighted by atomic mass is 10.3. The molecule has 0 aliphatic heterocycles. The van der Waals surface area contributed by atoms with Crippen molar-refractivity contribution in [3.8, 4) is 0 Å². The van der Waals surface area contributed by atoms with Crippen LogP contribution >= 0.6 is 11.3 Å². The van der Waals surface area contributed by atoms with Crippen LogP contribution in [0.2, 0.25) is 0 Å². The molecule has 0 unspecified atom stereocenters. The quantitative estimate of drug-likeness (QED) is 0.638. The fourth-order valence-electron chi connectivity index (χ4n) is 1.61. The molecule has 1 fully saturated rings. The minimum absolute atomic E-state index is 0.0441. The van der Waals surface area contributed by atoms with E-state index in [9.17, 15) is 4.79 Å². The smallest absolute Gasteiger partial charge is 0.229 e. The minimum Gasteiger partial charge on any atom is -0.369 e. The zero-order valence-electron chi connectivity index (χ0n) is 9.59. The van der Waals surface area contributed by atoms with Gasteiger partial charge >= 0.3 is 0 Å². The maximum atomic E-state index is 11.5. The lowest BCUT2D eigenvalue weighted by molar-refractivity contribution is -0.120. The van der Waals surface area contributed by atoms with Crippen molar-refractivity contribution in [2.24, 2.45) is 16.6 Å². The molecule has 1 aliphatic carbocycles. The zero-order valence-corrected chi connectivity index (χ0v) is 10.4. The summed E-state index contributed by atoms with van der Waals surface area (Å²) >= 11 is 1.45. The van der Waals surface area contributed by atoms with Crippen LogP contribution in [0.4, 0.5) is 5.13 Å². The van der Waals surface area contributed by atoms with Crippen molar-refractivity contribution in [1.82, 2.24) is 10.3 Å². The number of hydrogen-bond donors (Lipinski definition) is 2. The summed E-state index contributed by atoms with van der Waals surface area (Å²) in [6, 6.07) is 7.77. The molecule has 0 saturated heterocycles. The van der Waals surface area contributed by atoms with Crippen LogP contribution in [0.15, 0.2) is 29.3 Å². The Balaban J connectivity index is 1.79. The normalized spacial score (nSPS) is 15.9. The molecule has 0 spiro atoms. The van der Waals surface area contributed by atoms with Gasteiger partial charge in [0.05, 0.1) is 10.2 Å². The Morgan fingerprint density at radius 3 is 2.94 bits per heavy atom. The van der Waals surface area contributed by atoms with Crippen molar-refractivity contribution in [3.63, 3.8) is 0 Å². The number of para-hydroxylation sites is 1. The first-order valence-corrected chi connectivity index (χ1v) is 6.54. The van der Waals surface area contributed by atoms with E-state index >= 15 is 0 Å². The minimum atomic E-state index is -0.0441. The number of carbonyl (C=O) groups excluding carboxylic acids is 1. The fourth-order valence-corrected chi connectivity index (χ4v) is 2.46. The maximum Gasteiger partial charge on any atom is 0.229 e. The van der Waals surface area contributed by atoms with Crippen LogP contribution in [0, 0.1) is 5.92 Å². The van der Waals surface area contributed by atoms with Gasteiger partial charge in [0, 0.05) is 5.92 Å². The average molecular weight is 260 g/mol. The zero-order chi connectivity index (χ0) is 12.5. The number of rotatable bonds is 2. The predicted molar refractivity (Wildman–Crippen MR) is 71.8 cm³/mol. The highest BCUT2D eigenvalue weighted by atomic mass is 32.1. The molecule has 1 heterocycles. The Kier molecular flexibility index (Phi) is 2.71. The van der Waals surface area contributed by atoms with Gasteiger partial charge in [-0.3, -0.25) is 10.1 Å². The molecule has 3 N–H and O–H groups in total. The number of nitrogens with two attached hydrogens (primary N) is 1. The summed E-state index contributed by atoms with van der Waals surface area (Å²) in [7, 11) is 0. The number of aromatic nitrogens is 1. The summed E-state index contributed by atoms with van der Waals surface area (Å²) in [6.07, 6.45) is 1.89. The number of amides is 1. The van der Waals surface area contributed by atoms with Gasteiger partial charge in [0.25, 0.3) is 0 Å². The second-order valence-corrected chi connectivity index (χ2v) is 5.23. The lowest BCUT2D eigenvalue weighted by Gasteiger charge is -2.00. The van der Waals surface area contributed by atoms with Crippen molar-refractivity contribution in [1.29, 1.82) is 0 Å². The molecule has 0 radical (unpaired) electrons. The number of aliphatic imine (C=N–C) groups is 1. The third-order valence-corrected chi connectivity index (χ3v) is 3.63. The van der Waals surface area contributed by atoms with Gasteiger partial charge in [0.15, 0.2) is 0 Å². The molecule has 2 aromatic rings. The molecule has 1 aromatic heterocycles. The van der Waals surface area contributed by atoms with E-state index in [0.717, 1.165) is 23.1 Å². The number of fused-ring (bicyclic) bond motifs is 1. The summed E-state index contributed by atoms with van der Waals surface area (Å²) in [6.45, 7) is 0. The van der Waals surface area contributed by atoms with Gasteiger partial charge < -0.3 is 5.73 Å². The number of nitrogens with one attached hydrogen (secondary N) is 1. The monoisotopic (exact) mass is 260 g/mol. The third kappa shape index (κ3) is 2.33. The summed E-state index contributed by atoms with van der Waals surface area (Å²) in [5.41, 5.74) is 6.57. The van der Waals surface area contributed by atoms with Crippen LogP contribution in [-0.4, -0.2) is 16.9 Å². The van der Waals surface area contributed by atoms with E-state index in [1.807, 2.05) is 24.3 Å². The Labute approximate surface area is 108 Å². The van der Waals surface area contributed by atoms with Crippen LogP contribution in [-0.2, 0) is 4.79 Å². The Morgan fingerprint density at radius 1 is 1.44 bits per heavy atom. The summed E-state index contributed by atoms with van der Waals surface area (Å²) in [5.74, 6) is 0.192. The van der Waals surface area contributed by atoms with E-state index in [2.05, 4.69) is 15.3 Å². The van der Waals surface area contributed by atoms with Crippen LogP contribution in [0.5, 0.6) is 0 Å². The molecule has 18 heavy (non-hydrogen) atoms. The second kappa shape index (κ2) is 4.38. The molecule has 1 aliphatic rings. The Hall–Kier alpha value is -1.95. The summed E-state index contributed by atoms with van der Waals surface area (Å²) < 4.78 is 1.05. The molecule has 0 bridgehead atoms. The van der Waals surface area contributed by atoms with Gasteiger partial charge in [-0.25, -0.2) is 4.98 Å². The first-order chi connectivity index (χ1) is 8.72. The van der Waals surface area contributed by atoms with Crippen LogP contribution in [0.3, 0.4) is 0 Å². The molecule has 0 atom stereocenters. The van der Waals surface area contributed by atoms with Crippen molar-refractivity contribution < 1.29 is 4.79 Å². The number of carbonyl (C=O) groups is 1. The van der Waals surface area contributed by atoms with E-state index in [-0.39, 0.29) is 17.8 Å². The van der Waals surface area contributed by atoms with E-state index in [0.29, 0.717) is 5.13 Å². The topological polar surface area (TPSA) is 80.4 Å². The van der Waals surface area contributed by atoms with Gasteiger partial charge in [0.2, 0.25) is 17.0 Å². The van der Waals surface area contributed by atoms with Gasteiger partial charge in [-0.15, -0.1) is 0 Å². The van der Waals surface area contributed by atoms with E-state index in [1.165, 1.54) is 11.3 Å². The number of nitrogens with zero attached hydrogens (tertiary/aromatic N) is 2. The highest BCUT2D eigenvalue weighted by Crippen LogP contribution is 2.29. The first-order valence-electron chi connectivity index (χ1n) is 5.73. The van der Waals surface area contributed by atoms with E-state index in [1.54, 1.807) is 0 Å². The third-order valence-electron chi connectivity index (χ3n) is 2.70. The lowest BCUT2D eigenvalue weighted by Crippen LogP contribution is -2.37. The highest BCUT2D eigenvalue weighted by molar-refractivity contribution is 7.22. The highest BCUT2D eigenvalue weighted by Gasteiger charge is 2.29. The van der Waals surface area contributed by atoms with Crippen LogP contribution < -0.4 is 11.1 Å². The summed E-state index contributed by atoms with van der Waals surface area (Å²) in [4.78, 5) is 19.9. The predicted octanol–water partition coefficient (Wildman–Crippen LogP) is 1.77. The SMILES string of the molecule is N/C(=N\c1nc2ccccc2s1)NC(=O)C1CC1. The maximum absolute atomic E-state index is 11.5. The van der Waals surface area contributed by atoms with E-state index < -0.39 is 0 Å². The van der Waals surface area contributed by atoms with Crippen LogP contribution in [0.25, 0.3) is 10.2 Å².